The lowest BCUT2D eigenvalue weighted by atomic mass is 9.82. The third-order valence-electron chi connectivity index (χ3n) is 7.10. The van der Waals surface area contributed by atoms with Crippen LogP contribution in [0.3, 0.4) is 0 Å². The summed E-state index contributed by atoms with van der Waals surface area (Å²) in [6, 6.07) is 5.26. The van der Waals surface area contributed by atoms with Crippen molar-refractivity contribution >= 4 is 28.8 Å². The Morgan fingerprint density at radius 1 is 1.16 bits per heavy atom. The van der Waals surface area contributed by atoms with Crippen LogP contribution in [0.15, 0.2) is 49.2 Å². The fourth-order valence-electron chi connectivity index (χ4n) is 5.18. The second-order valence-corrected chi connectivity index (χ2v) is 10.0. The number of carbonyl (C=O) groups excluding carboxylic acids is 1. The smallest absolute Gasteiger partial charge is 0.235 e. The van der Waals surface area contributed by atoms with E-state index in [2.05, 4.69) is 30.6 Å². The number of nitrogens with zero attached hydrogens (tertiary/aromatic N) is 9. The van der Waals surface area contributed by atoms with Gasteiger partial charge in [0.15, 0.2) is 11.5 Å². The Labute approximate surface area is 214 Å². The maximum absolute atomic E-state index is 14.2. The molecular weight excluding hydrogens is 499 g/mol. The summed E-state index contributed by atoms with van der Waals surface area (Å²) in [5.74, 6) is -1.13. The first kappa shape index (κ1) is 22.0. The van der Waals surface area contributed by atoms with E-state index in [4.69, 9.17) is 16.7 Å². The molecule has 0 aromatic carbocycles. The number of hydrogen-bond acceptors (Lipinski definition) is 7. The molecule has 11 nitrogen and oxygen atoms in total. The van der Waals surface area contributed by atoms with Crippen LogP contribution in [0.4, 0.5) is 10.1 Å². The molecule has 0 bridgehead atoms. The van der Waals surface area contributed by atoms with Crippen molar-refractivity contribution in [2.45, 2.75) is 43.6 Å². The van der Waals surface area contributed by atoms with E-state index in [9.17, 15) is 9.18 Å². The molecule has 0 saturated heterocycles. The molecule has 0 spiro atoms. The monoisotopic (exact) mass is 518 g/mol. The second kappa shape index (κ2) is 7.90. The van der Waals surface area contributed by atoms with E-state index >= 15 is 0 Å². The van der Waals surface area contributed by atoms with E-state index in [0.717, 1.165) is 18.5 Å². The van der Waals surface area contributed by atoms with Crippen molar-refractivity contribution in [2.75, 3.05) is 5.32 Å². The van der Waals surface area contributed by atoms with Gasteiger partial charge in [-0.3, -0.25) is 9.48 Å². The molecule has 2 aliphatic carbocycles. The van der Waals surface area contributed by atoms with Crippen LogP contribution >= 0.6 is 11.6 Å². The highest BCUT2D eigenvalue weighted by atomic mass is 35.5. The molecule has 5 aromatic rings. The summed E-state index contributed by atoms with van der Waals surface area (Å²) in [5, 5.41) is 20.2. The molecule has 1 N–H and O–H groups in total. The molecule has 0 aliphatic heterocycles. The molecule has 1 saturated carbocycles. The summed E-state index contributed by atoms with van der Waals surface area (Å²) in [5.41, 5.74) is 2.30. The van der Waals surface area contributed by atoms with Gasteiger partial charge in [0.2, 0.25) is 11.9 Å². The second-order valence-electron chi connectivity index (χ2n) is 9.64. The van der Waals surface area contributed by atoms with Crippen LogP contribution in [0.2, 0.25) is 5.02 Å². The first-order chi connectivity index (χ1) is 17.9. The number of pyridine rings is 1. The van der Waals surface area contributed by atoms with Crippen molar-refractivity contribution in [3.05, 3.63) is 77.1 Å². The Hall–Kier alpha value is -4.19. The van der Waals surface area contributed by atoms with Crippen molar-refractivity contribution in [2.24, 2.45) is 0 Å². The van der Waals surface area contributed by atoms with Crippen LogP contribution < -0.4 is 5.32 Å². The number of anilines is 1. The standard InChI is InChI=1S/C24H20ClFN10O/c1-24(18-4-7-34(32-18)14-2-3-14)10-15(16-12-27-20-9-19(26)33-35(20)21(16)24)23(37)31-13-8-17(25)22(28-11-13)36-29-5-6-30-36/h4-9,11-12,14-15H,2-3,10H2,1H3,(H,31,37)/t15-,24+/m1/s1. The van der Waals surface area contributed by atoms with Gasteiger partial charge in [-0.1, -0.05) is 11.6 Å². The average molecular weight is 519 g/mol. The molecule has 0 unspecified atom stereocenters. The van der Waals surface area contributed by atoms with Gasteiger partial charge in [-0.05, 0) is 38.3 Å². The molecule has 13 heteroatoms. The first-order valence-electron chi connectivity index (χ1n) is 11.8. The highest BCUT2D eigenvalue weighted by Crippen LogP contribution is 2.50. The Bertz CT molecular complexity index is 1670. The van der Waals surface area contributed by atoms with E-state index in [1.54, 1.807) is 12.3 Å². The Morgan fingerprint density at radius 2 is 1.97 bits per heavy atom. The molecule has 186 valence electrons. The first-order valence-corrected chi connectivity index (χ1v) is 12.2. The van der Waals surface area contributed by atoms with Crippen LogP contribution in [0.25, 0.3) is 11.5 Å². The zero-order chi connectivity index (χ0) is 25.3. The summed E-state index contributed by atoms with van der Waals surface area (Å²) < 4.78 is 17.6. The topological polar surface area (TPSA) is 121 Å². The number of rotatable bonds is 5. The SMILES string of the molecule is C[C@@]1(c2ccn(C3CC3)n2)C[C@@H](C(=O)Nc2cnc(-n3nccn3)c(Cl)c2)c2cnc3cc(F)nn3c21. The van der Waals surface area contributed by atoms with Crippen LogP contribution in [-0.2, 0) is 10.2 Å². The maximum Gasteiger partial charge on any atom is 0.235 e. The Balaban J connectivity index is 1.26. The summed E-state index contributed by atoms with van der Waals surface area (Å²) >= 11 is 6.39. The molecule has 1 amide bonds. The van der Waals surface area contributed by atoms with E-state index in [-0.39, 0.29) is 10.9 Å². The molecule has 5 aromatic heterocycles. The number of fused-ring (bicyclic) bond motifs is 3. The van der Waals surface area contributed by atoms with Gasteiger partial charge in [0, 0.05) is 24.0 Å². The molecule has 2 aliphatic rings. The third kappa shape index (κ3) is 3.50. The van der Waals surface area contributed by atoms with Crippen molar-refractivity contribution in [1.82, 2.24) is 44.4 Å². The zero-order valence-electron chi connectivity index (χ0n) is 19.6. The zero-order valence-corrected chi connectivity index (χ0v) is 20.3. The maximum atomic E-state index is 14.2. The molecule has 2 atom stereocenters. The van der Waals surface area contributed by atoms with Gasteiger partial charge in [0.1, 0.15) is 0 Å². The van der Waals surface area contributed by atoms with E-state index in [1.165, 1.54) is 34.0 Å². The molecule has 1 fully saturated rings. The van der Waals surface area contributed by atoms with E-state index in [1.807, 2.05) is 23.9 Å². The third-order valence-corrected chi connectivity index (χ3v) is 7.38. The minimum absolute atomic E-state index is 0.261. The van der Waals surface area contributed by atoms with Gasteiger partial charge in [0.25, 0.3) is 0 Å². The Kier molecular flexibility index (Phi) is 4.71. The minimum Gasteiger partial charge on any atom is -0.324 e. The van der Waals surface area contributed by atoms with Crippen LogP contribution in [-0.4, -0.2) is 50.3 Å². The van der Waals surface area contributed by atoms with Crippen molar-refractivity contribution in [1.29, 1.82) is 0 Å². The van der Waals surface area contributed by atoms with E-state index < -0.39 is 17.3 Å². The predicted molar refractivity (Wildman–Crippen MR) is 130 cm³/mol. The quantitative estimate of drug-likeness (QED) is 0.378. The van der Waals surface area contributed by atoms with Crippen LogP contribution in [0.5, 0.6) is 0 Å². The minimum atomic E-state index is -0.692. The van der Waals surface area contributed by atoms with Gasteiger partial charge >= 0.3 is 0 Å². The lowest BCUT2D eigenvalue weighted by Crippen LogP contribution is -2.26. The highest BCUT2D eigenvalue weighted by Gasteiger charge is 2.48. The van der Waals surface area contributed by atoms with Gasteiger partial charge in [0.05, 0.1) is 58.1 Å². The predicted octanol–water partition coefficient (Wildman–Crippen LogP) is 3.46. The fraction of sp³-hybridized carbons (Fsp3) is 0.292. The lowest BCUT2D eigenvalue weighted by Gasteiger charge is -2.23. The van der Waals surface area contributed by atoms with Crippen molar-refractivity contribution in [3.63, 3.8) is 0 Å². The average Bonchev–Trinajstić information content (AvgIpc) is 3.26. The largest absolute Gasteiger partial charge is 0.324 e. The van der Waals surface area contributed by atoms with Gasteiger partial charge in [-0.2, -0.15) is 19.7 Å². The molecular formula is C24H20ClFN10O. The number of aromatic nitrogens is 9. The fourth-order valence-corrected chi connectivity index (χ4v) is 5.42. The Morgan fingerprint density at radius 3 is 2.73 bits per heavy atom. The van der Waals surface area contributed by atoms with Crippen LogP contribution in [0, 0.1) is 5.95 Å². The van der Waals surface area contributed by atoms with Gasteiger partial charge < -0.3 is 5.32 Å². The molecule has 5 heterocycles. The lowest BCUT2D eigenvalue weighted by molar-refractivity contribution is -0.117. The van der Waals surface area contributed by atoms with Crippen molar-refractivity contribution in [3.8, 4) is 5.82 Å². The van der Waals surface area contributed by atoms with Crippen LogP contribution in [0.1, 0.15) is 55.1 Å². The molecule has 0 radical (unpaired) electrons. The summed E-state index contributed by atoms with van der Waals surface area (Å²) in [6.07, 6.45) is 10.8. The number of hydrogen-bond donors (Lipinski definition) is 1. The summed E-state index contributed by atoms with van der Waals surface area (Å²) in [7, 11) is 0. The highest BCUT2D eigenvalue weighted by molar-refractivity contribution is 6.32. The summed E-state index contributed by atoms with van der Waals surface area (Å²) in [4.78, 5) is 23.6. The van der Waals surface area contributed by atoms with Crippen molar-refractivity contribution < 1.29 is 9.18 Å². The number of nitrogens with one attached hydrogen (secondary N) is 1. The number of halogens is 2. The normalized spacial score (nSPS) is 20.9. The number of amides is 1. The summed E-state index contributed by atoms with van der Waals surface area (Å²) in [6.45, 7) is 2.02. The number of carbonyl (C=O) groups is 1. The molecule has 37 heavy (non-hydrogen) atoms. The van der Waals surface area contributed by atoms with Gasteiger partial charge in [-0.15, -0.1) is 9.90 Å². The van der Waals surface area contributed by atoms with E-state index in [0.29, 0.717) is 40.9 Å². The molecule has 7 rings (SSSR count). The van der Waals surface area contributed by atoms with Gasteiger partial charge in [-0.25, -0.2) is 14.5 Å².